The molecule has 0 aliphatic heterocycles. The lowest BCUT2D eigenvalue weighted by atomic mass is 9.96. The minimum atomic E-state index is 0.357. The smallest absolute Gasteiger partial charge is 0.134 e. The van der Waals surface area contributed by atoms with Crippen LogP contribution in [-0.2, 0) is 0 Å². The predicted molar refractivity (Wildman–Crippen MR) is 74.7 cm³/mol. The second-order valence-electron chi connectivity index (χ2n) is 5.83. The van der Waals surface area contributed by atoms with E-state index in [0.29, 0.717) is 11.5 Å². The molecule has 1 fully saturated rings. The molecule has 1 N–H and O–H groups in total. The topological polar surface area (TPSA) is 25.2 Å². The second-order valence-corrected chi connectivity index (χ2v) is 5.83. The van der Waals surface area contributed by atoms with Gasteiger partial charge in [-0.15, -0.1) is 0 Å². The molecule has 1 atom stereocenters. The van der Waals surface area contributed by atoms with Crippen LogP contribution in [0.2, 0.25) is 0 Å². The van der Waals surface area contributed by atoms with Gasteiger partial charge in [-0.3, -0.25) is 0 Å². The van der Waals surface area contributed by atoms with Crippen LogP contribution in [0.1, 0.15) is 44.1 Å². The quantitative estimate of drug-likeness (QED) is 0.871. The Bertz CT molecular complexity index is 565. The highest BCUT2D eigenvalue weighted by Gasteiger charge is 2.46. The molecule has 1 aliphatic carbocycles. The molecular formula is C16H21NO. The van der Waals surface area contributed by atoms with Gasteiger partial charge in [0.15, 0.2) is 0 Å². The van der Waals surface area contributed by atoms with Crippen molar-refractivity contribution in [1.29, 1.82) is 0 Å². The van der Waals surface area contributed by atoms with Gasteiger partial charge in [-0.2, -0.15) is 0 Å². The Morgan fingerprint density at radius 2 is 2.11 bits per heavy atom. The summed E-state index contributed by atoms with van der Waals surface area (Å²) in [6.45, 7) is 7.61. The van der Waals surface area contributed by atoms with Gasteiger partial charge >= 0.3 is 0 Å². The van der Waals surface area contributed by atoms with Crippen LogP contribution in [0.15, 0.2) is 28.7 Å². The summed E-state index contributed by atoms with van der Waals surface area (Å²) in [5.41, 5.74) is 2.68. The molecule has 1 aromatic heterocycles. The number of hydrogen-bond acceptors (Lipinski definition) is 2. The largest absolute Gasteiger partial charge is 0.459 e. The zero-order valence-corrected chi connectivity index (χ0v) is 11.4. The molecule has 3 rings (SSSR count). The van der Waals surface area contributed by atoms with Crippen LogP contribution in [0.4, 0.5) is 0 Å². The van der Waals surface area contributed by atoms with Gasteiger partial charge in [0.2, 0.25) is 0 Å². The molecule has 1 heterocycles. The van der Waals surface area contributed by atoms with Crippen molar-refractivity contribution in [3.63, 3.8) is 0 Å². The van der Waals surface area contributed by atoms with E-state index in [1.54, 1.807) is 0 Å². The van der Waals surface area contributed by atoms with Gasteiger partial charge in [0, 0.05) is 5.39 Å². The van der Waals surface area contributed by atoms with Crippen molar-refractivity contribution in [2.75, 3.05) is 6.54 Å². The Balaban J connectivity index is 2.01. The van der Waals surface area contributed by atoms with Crippen molar-refractivity contribution >= 4 is 11.0 Å². The maximum Gasteiger partial charge on any atom is 0.134 e. The standard InChI is InChI=1S/C16H21NO/c1-4-17-15(16(3)7-8-16)14-10-12-9-11(2)5-6-13(12)18-14/h5-6,9-10,15,17H,4,7-8H2,1-3H3. The van der Waals surface area contributed by atoms with Crippen LogP contribution in [0, 0.1) is 12.3 Å². The van der Waals surface area contributed by atoms with E-state index in [2.05, 4.69) is 50.4 Å². The third kappa shape index (κ3) is 1.95. The summed E-state index contributed by atoms with van der Waals surface area (Å²) >= 11 is 0. The number of rotatable bonds is 4. The number of furan rings is 1. The molecule has 2 aromatic rings. The lowest BCUT2D eigenvalue weighted by Crippen LogP contribution is -2.27. The molecule has 0 bridgehead atoms. The Morgan fingerprint density at radius 3 is 2.78 bits per heavy atom. The summed E-state index contributed by atoms with van der Waals surface area (Å²) < 4.78 is 6.04. The second kappa shape index (κ2) is 4.13. The van der Waals surface area contributed by atoms with Gasteiger partial charge in [0.1, 0.15) is 11.3 Å². The summed E-state index contributed by atoms with van der Waals surface area (Å²) in [5, 5.41) is 4.80. The van der Waals surface area contributed by atoms with Crippen LogP contribution in [-0.4, -0.2) is 6.54 Å². The Hall–Kier alpha value is -1.28. The zero-order valence-electron chi connectivity index (χ0n) is 11.4. The molecule has 1 aromatic carbocycles. The Labute approximate surface area is 108 Å². The summed E-state index contributed by atoms with van der Waals surface area (Å²) in [5.74, 6) is 1.09. The van der Waals surface area contributed by atoms with Crippen molar-refractivity contribution in [1.82, 2.24) is 5.32 Å². The molecule has 2 nitrogen and oxygen atoms in total. The fourth-order valence-corrected chi connectivity index (χ4v) is 2.71. The van der Waals surface area contributed by atoms with Gasteiger partial charge in [-0.1, -0.05) is 25.5 Å². The highest BCUT2D eigenvalue weighted by molar-refractivity contribution is 5.78. The van der Waals surface area contributed by atoms with Crippen LogP contribution < -0.4 is 5.32 Å². The minimum Gasteiger partial charge on any atom is -0.459 e. The molecule has 0 radical (unpaired) electrons. The molecule has 1 unspecified atom stereocenters. The van der Waals surface area contributed by atoms with Gasteiger partial charge in [-0.05, 0) is 49.9 Å². The lowest BCUT2D eigenvalue weighted by molar-refractivity contribution is 0.321. The van der Waals surface area contributed by atoms with E-state index in [9.17, 15) is 0 Å². The number of fused-ring (bicyclic) bond motifs is 1. The van der Waals surface area contributed by atoms with Crippen molar-refractivity contribution < 1.29 is 4.42 Å². The van der Waals surface area contributed by atoms with Crippen molar-refractivity contribution in [2.45, 2.75) is 39.7 Å². The Morgan fingerprint density at radius 1 is 1.33 bits per heavy atom. The van der Waals surface area contributed by atoms with E-state index in [0.717, 1.165) is 17.9 Å². The maximum atomic E-state index is 6.04. The third-order valence-electron chi connectivity index (χ3n) is 4.12. The van der Waals surface area contributed by atoms with Crippen LogP contribution in [0.3, 0.4) is 0 Å². The van der Waals surface area contributed by atoms with Crippen molar-refractivity contribution in [3.8, 4) is 0 Å². The van der Waals surface area contributed by atoms with Gasteiger partial charge in [0.05, 0.1) is 6.04 Å². The first-order chi connectivity index (χ1) is 8.62. The maximum absolute atomic E-state index is 6.04. The van der Waals surface area contributed by atoms with E-state index < -0.39 is 0 Å². The van der Waals surface area contributed by atoms with E-state index in [1.807, 2.05) is 0 Å². The summed E-state index contributed by atoms with van der Waals surface area (Å²) in [4.78, 5) is 0. The van der Waals surface area contributed by atoms with E-state index in [4.69, 9.17) is 4.42 Å². The predicted octanol–water partition coefficient (Wildman–Crippen LogP) is 4.19. The molecule has 1 saturated carbocycles. The van der Waals surface area contributed by atoms with E-state index in [1.165, 1.54) is 23.8 Å². The first kappa shape index (κ1) is 11.8. The Kier molecular flexibility index (Phi) is 2.70. The number of benzene rings is 1. The molecule has 1 aliphatic rings. The van der Waals surface area contributed by atoms with Crippen LogP contribution >= 0.6 is 0 Å². The average Bonchev–Trinajstić information content (AvgIpc) is 2.94. The zero-order chi connectivity index (χ0) is 12.8. The van der Waals surface area contributed by atoms with Crippen molar-refractivity contribution in [3.05, 3.63) is 35.6 Å². The monoisotopic (exact) mass is 243 g/mol. The van der Waals surface area contributed by atoms with Crippen LogP contribution in [0.5, 0.6) is 0 Å². The molecule has 96 valence electrons. The summed E-state index contributed by atoms with van der Waals surface area (Å²) in [6, 6.07) is 8.94. The van der Waals surface area contributed by atoms with E-state index >= 15 is 0 Å². The fourth-order valence-electron chi connectivity index (χ4n) is 2.71. The average molecular weight is 243 g/mol. The molecule has 0 amide bonds. The number of hydrogen-bond donors (Lipinski definition) is 1. The first-order valence-corrected chi connectivity index (χ1v) is 6.86. The molecular weight excluding hydrogens is 222 g/mol. The van der Waals surface area contributed by atoms with Crippen molar-refractivity contribution in [2.24, 2.45) is 5.41 Å². The number of aryl methyl sites for hydroxylation is 1. The summed E-state index contributed by atoms with van der Waals surface area (Å²) in [6.07, 6.45) is 2.58. The fraction of sp³-hybridized carbons (Fsp3) is 0.500. The highest BCUT2D eigenvalue weighted by atomic mass is 16.3. The molecule has 2 heteroatoms. The molecule has 0 spiro atoms. The normalized spacial score (nSPS) is 19.1. The minimum absolute atomic E-state index is 0.357. The van der Waals surface area contributed by atoms with Gasteiger partial charge < -0.3 is 9.73 Å². The first-order valence-electron chi connectivity index (χ1n) is 6.86. The van der Waals surface area contributed by atoms with E-state index in [-0.39, 0.29) is 0 Å². The van der Waals surface area contributed by atoms with Gasteiger partial charge in [0.25, 0.3) is 0 Å². The van der Waals surface area contributed by atoms with Crippen LogP contribution in [0.25, 0.3) is 11.0 Å². The number of nitrogens with one attached hydrogen (secondary N) is 1. The SMILES string of the molecule is CCNC(c1cc2cc(C)ccc2o1)C1(C)CC1. The molecule has 18 heavy (non-hydrogen) atoms. The summed E-state index contributed by atoms with van der Waals surface area (Å²) in [7, 11) is 0. The third-order valence-corrected chi connectivity index (χ3v) is 4.12. The lowest BCUT2D eigenvalue weighted by Gasteiger charge is -2.22. The molecule has 0 saturated heterocycles. The highest BCUT2D eigenvalue weighted by Crippen LogP contribution is 2.54. The van der Waals surface area contributed by atoms with Gasteiger partial charge in [-0.25, -0.2) is 0 Å².